The van der Waals surface area contributed by atoms with E-state index in [0.717, 1.165) is 22.7 Å². The van der Waals surface area contributed by atoms with Crippen molar-refractivity contribution in [1.29, 1.82) is 0 Å². The lowest BCUT2D eigenvalue weighted by molar-refractivity contribution is 0.0474. The van der Waals surface area contributed by atoms with Crippen LogP contribution >= 0.6 is 0 Å². The van der Waals surface area contributed by atoms with Gasteiger partial charge < -0.3 is 4.74 Å². The van der Waals surface area contributed by atoms with E-state index in [-0.39, 0.29) is 16.2 Å². The van der Waals surface area contributed by atoms with Crippen molar-refractivity contribution in [3.05, 3.63) is 65.2 Å². The van der Waals surface area contributed by atoms with Crippen molar-refractivity contribution < 1.29 is 22.7 Å². The predicted molar refractivity (Wildman–Crippen MR) is 102 cm³/mol. The molecule has 0 N–H and O–H groups in total. The summed E-state index contributed by atoms with van der Waals surface area (Å²) in [5.41, 5.74) is 1.68. The minimum Gasteiger partial charge on any atom is -0.454 e. The van der Waals surface area contributed by atoms with Crippen LogP contribution in [0.15, 0.2) is 53.4 Å². The van der Waals surface area contributed by atoms with Gasteiger partial charge >= 0.3 is 5.97 Å². The van der Waals surface area contributed by atoms with Gasteiger partial charge in [0.15, 0.2) is 12.4 Å². The fourth-order valence-corrected chi connectivity index (χ4v) is 3.39. The second-order valence-corrected chi connectivity index (χ2v) is 8.41. The Labute approximate surface area is 159 Å². The summed E-state index contributed by atoms with van der Waals surface area (Å²) in [7, 11) is -0.842. The Morgan fingerprint density at radius 2 is 1.67 bits per heavy atom. The number of ketones is 1. The molecular weight excluding hydrogens is 366 g/mol. The number of benzene rings is 2. The van der Waals surface area contributed by atoms with E-state index in [4.69, 9.17) is 4.74 Å². The molecule has 0 radical (unpaired) electrons. The quantitative estimate of drug-likeness (QED) is 0.512. The Bertz CT molecular complexity index is 918. The Kier molecular flexibility index (Phi) is 6.87. The molecule has 0 atom stereocenters. The molecule has 6 nitrogen and oxygen atoms in total. The molecule has 0 aliphatic heterocycles. The summed E-state index contributed by atoms with van der Waals surface area (Å²) in [6, 6.07) is 12.7. The third kappa shape index (κ3) is 5.24. The second kappa shape index (κ2) is 8.92. The van der Waals surface area contributed by atoms with Gasteiger partial charge in [0.05, 0.1) is 10.5 Å². The molecule has 0 fully saturated rings. The standard InChI is InChI=1S/C20H23NO5S/c1-4-6-15-9-11-16(12-10-15)19(22)14-26-20(23)17-7-5-8-18(13-17)27(24,25)21(2)3/h5,7-13H,4,6,14H2,1-3H3. The number of carbonyl (C=O) groups excluding carboxylic acids is 2. The fourth-order valence-electron chi connectivity index (χ4n) is 2.44. The molecule has 0 unspecified atom stereocenters. The van der Waals surface area contributed by atoms with E-state index in [1.54, 1.807) is 12.1 Å². The first-order valence-electron chi connectivity index (χ1n) is 8.57. The van der Waals surface area contributed by atoms with Crippen molar-refractivity contribution in [1.82, 2.24) is 4.31 Å². The maximum absolute atomic E-state index is 12.2. The van der Waals surface area contributed by atoms with Crippen molar-refractivity contribution >= 4 is 21.8 Å². The van der Waals surface area contributed by atoms with E-state index in [2.05, 4.69) is 6.92 Å². The average molecular weight is 389 g/mol. The number of ether oxygens (including phenoxy) is 1. The summed E-state index contributed by atoms with van der Waals surface area (Å²) in [4.78, 5) is 24.4. The number of esters is 1. The van der Waals surface area contributed by atoms with E-state index in [1.165, 1.54) is 38.4 Å². The molecule has 0 heterocycles. The molecule has 0 spiro atoms. The van der Waals surface area contributed by atoms with Crippen LogP contribution in [0.1, 0.15) is 39.6 Å². The van der Waals surface area contributed by atoms with Crippen LogP contribution in [-0.4, -0.2) is 45.2 Å². The third-order valence-electron chi connectivity index (χ3n) is 4.00. The molecule has 2 aromatic carbocycles. The number of carbonyl (C=O) groups is 2. The number of hydrogen-bond donors (Lipinski definition) is 0. The SMILES string of the molecule is CCCc1ccc(C(=O)COC(=O)c2cccc(S(=O)(=O)N(C)C)c2)cc1. The minimum absolute atomic E-state index is 0.0141. The molecule has 7 heteroatoms. The van der Waals surface area contributed by atoms with Crippen molar-refractivity contribution in [3.63, 3.8) is 0 Å². The Morgan fingerprint density at radius 1 is 1.00 bits per heavy atom. The predicted octanol–water partition coefficient (Wildman–Crippen LogP) is 2.93. The third-order valence-corrected chi connectivity index (χ3v) is 5.81. The minimum atomic E-state index is -3.66. The molecule has 144 valence electrons. The molecule has 0 amide bonds. The molecule has 0 saturated carbocycles. The lowest BCUT2D eigenvalue weighted by atomic mass is 10.1. The van der Waals surface area contributed by atoms with Gasteiger partial charge in [0.25, 0.3) is 0 Å². The van der Waals surface area contributed by atoms with Crippen molar-refractivity contribution in [2.75, 3.05) is 20.7 Å². The molecule has 27 heavy (non-hydrogen) atoms. The molecule has 0 bridgehead atoms. The Balaban J connectivity index is 2.04. The van der Waals surface area contributed by atoms with Gasteiger partial charge in [-0.05, 0) is 30.2 Å². The Morgan fingerprint density at radius 3 is 2.26 bits per heavy atom. The van der Waals surface area contributed by atoms with Gasteiger partial charge in [-0.3, -0.25) is 4.79 Å². The van der Waals surface area contributed by atoms with Crippen LogP contribution < -0.4 is 0 Å². The summed E-state index contributed by atoms with van der Waals surface area (Å²) in [5, 5.41) is 0. The van der Waals surface area contributed by atoms with Gasteiger partial charge in [-0.1, -0.05) is 43.7 Å². The van der Waals surface area contributed by atoms with Crippen LogP contribution in [-0.2, 0) is 21.2 Å². The maximum Gasteiger partial charge on any atom is 0.338 e. The maximum atomic E-state index is 12.2. The first-order valence-corrected chi connectivity index (χ1v) is 10.0. The van der Waals surface area contributed by atoms with Crippen LogP contribution in [0.2, 0.25) is 0 Å². The van der Waals surface area contributed by atoms with Crippen molar-refractivity contribution in [2.24, 2.45) is 0 Å². The largest absolute Gasteiger partial charge is 0.454 e. The van der Waals surface area contributed by atoms with Crippen molar-refractivity contribution in [2.45, 2.75) is 24.7 Å². The van der Waals surface area contributed by atoms with Gasteiger partial charge in [-0.15, -0.1) is 0 Å². The topological polar surface area (TPSA) is 80.8 Å². The summed E-state index contributed by atoms with van der Waals surface area (Å²) in [6.45, 7) is 1.67. The summed E-state index contributed by atoms with van der Waals surface area (Å²) in [6.07, 6.45) is 1.96. The van der Waals surface area contributed by atoms with Gasteiger partial charge in [0.1, 0.15) is 0 Å². The van der Waals surface area contributed by atoms with Crippen LogP contribution in [0.4, 0.5) is 0 Å². The number of aryl methyl sites for hydroxylation is 1. The number of Topliss-reactive ketones (excluding diaryl/α,β-unsaturated/α-hetero) is 1. The molecule has 2 aromatic rings. The molecular formula is C20H23NO5S. The molecule has 0 aliphatic rings. The van der Waals surface area contributed by atoms with Crippen LogP contribution in [0.5, 0.6) is 0 Å². The molecule has 0 aliphatic carbocycles. The number of rotatable bonds is 8. The summed E-state index contributed by atoms with van der Waals surface area (Å²) in [5.74, 6) is -1.06. The zero-order valence-corrected chi connectivity index (χ0v) is 16.5. The number of nitrogens with zero attached hydrogens (tertiary/aromatic N) is 1. The summed E-state index contributed by atoms with van der Waals surface area (Å²) < 4.78 is 30.4. The lowest BCUT2D eigenvalue weighted by Gasteiger charge is -2.12. The highest BCUT2D eigenvalue weighted by molar-refractivity contribution is 7.89. The van der Waals surface area contributed by atoms with E-state index in [1.807, 2.05) is 12.1 Å². The van der Waals surface area contributed by atoms with E-state index >= 15 is 0 Å². The average Bonchev–Trinajstić information content (AvgIpc) is 2.66. The van der Waals surface area contributed by atoms with E-state index < -0.39 is 22.6 Å². The van der Waals surface area contributed by atoms with E-state index in [9.17, 15) is 18.0 Å². The fraction of sp³-hybridized carbons (Fsp3) is 0.300. The highest BCUT2D eigenvalue weighted by Gasteiger charge is 2.19. The molecule has 0 aromatic heterocycles. The molecule has 2 rings (SSSR count). The van der Waals surface area contributed by atoms with Crippen molar-refractivity contribution in [3.8, 4) is 0 Å². The zero-order chi connectivity index (χ0) is 20.0. The van der Waals surface area contributed by atoms with Gasteiger partial charge in [0.2, 0.25) is 10.0 Å². The first kappa shape index (κ1) is 20.8. The number of sulfonamides is 1. The monoisotopic (exact) mass is 389 g/mol. The highest BCUT2D eigenvalue weighted by Crippen LogP contribution is 2.16. The summed E-state index contributed by atoms with van der Waals surface area (Å²) >= 11 is 0. The highest BCUT2D eigenvalue weighted by atomic mass is 32.2. The smallest absolute Gasteiger partial charge is 0.338 e. The first-order chi connectivity index (χ1) is 12.8. The molecule has 0 saturated heterocycles. The Hall–Kier alpha value is -2.51. The van der Waals surface area contributed by atoms with Crippen LogP contribution in [0, 0.1) is 0 Å². The van der Waals surface area contributed by atoms with Gasteiger partial charge in [0, 0.05) is 19.7 Å². The van der Waals surface area contributed by atoms with E-state index in [0.29, 0.717) is 5.56 Å². The van der Waals surface area contributed by atoms with Crippen LogP contribution in [0.25, 0.3) is 0 Å². The lowest BCUT2D eigenvalue weighted by Crippen LogP contribution is -2.22. The zero-order valence-electron chi connectivity index (χ0n) is 15.6. The van der Waals surface area contributed by atoms with Crippen LogP contribution in [0.3, 0.4) is 0 Å². The second-order valence-electron chi connectivity index (χ2n) is 6.26. The van der Waals surface area contributed by atoms with Gasteiger partial charge in [-0.2, -0.15) is 0 Å². The van der Waals surface area contributed by atoms with Gasteiger partial charge in [-0.25, -0.2) is 17.5 Å². The number of hydrogen-bond acceptors (Lipinski definition) is 5. The normalized spacial score (nSPS) is 11.4.